The summed E-state index contributed by atoms with van der Waals surface area (Å²) >= 11 is 5.01. The number of carbonyl (C=O) groups is 4. The number of fused-ring (bicyclic) bond motifs is 20. The van der Waals surface area contributed by atoms with Gasteiger partial charge in [0.1, 0.15) is 5.75 Å². The summed E-state index contributed by atoms with van der Waals surface area (Å²) in [5.41, 5.74) is 21.3. The van der Waals surface area contributed by atoms with Gasteiger partial charge >= 0.3 is 5.97 Å². The SMILES string of the molecule is CCn1c2ccc(C3CCCCO3)cc2c2c3c(c4c(c21)CCc1cc(O)ccc1-4)C(=O)NC3.CCn1c2ccccc2c2c3c(c4c(c21)CCc1cc(C)ccc1-4)C(=O)NC3.COC(=O)CCCC(=O)Cl. The highest BCUT2D eigenvalue weighted by Gasteiger charge is 2.36. The molecule has 2 aliphatic carbocycles. The van der Waals surface area contributed by atoms with E-state index in [1.165, 1.54) is 102 Å². The summed E-state index contributed by atoms with van der Waals surface area (Å²) in [6.45, 7) is 10.4. The van der Waals surface area contributed by atoms with Gasteiger partial charge in [-0.05, 0) is 164 Å². The van der Waals surface area contributed by atoms with Gasteiger partial charge < -0.3 is 34.3 Å². The molecule has 13 rings (SSSR count). The fourth-order valence-electron chi connectivity index (χ4n) is 12.5. The van der Waals surface area contributed by atoms with Crippen molar-refractivity contribution < 1.29 is 33.8 Å². The molecule has 0 saturated carbocycles. The number of ether oxygens (including phenoxy) is 2. The maximum Gasteiger partial charge on any atom is 0.305 e. The molecule has 3 N–H and O–H groups in total. The monoisotopic (exact) mass is 982 g/mol. The number of benzene rings is 6. The maximum atomic E-state index is 13.2. The molecule has 8 aromatic rings. The molecular weight excluding hydrogens is 924 g/mol. The summed E-state index contributed by atoms with van der Waals surface area (Å²) in [6, 6.07) is 27.7. The zero-order chi connectivity index (χ0) is 49.9. The summed E-state index contributed by atoms with van der Waals surface area (Å²) in [5.74, 6) is 0.0653. The van der Waals surface area contributed by atoms with E-state index in [0.29, 0.717) is 19.5 Å². The maximum absolute atomic E-state index is 13.2. The van der Waals surface area contributed by atoms with Crippen LogP contribution in [0.4, 0.5) is 0 Å². The standard InChI is InChI=1S/C29H28N2O3.C25H22N2O.C6H9ClO3/c1-2-31-23-11-7-17(24-5-3-4-12-34-24)14-21(23)26-22-15-30-29(33)27(22)25-19-10-8-18(32)13-16(19)6-9-20(25)28(26)31;1-3-27-20-7-5-4-6-17(20)22-19-13-26-25(28)23(19)21-16-10-8-14(2)12-15(16)9-11-18(21)24(22)27;1-10-6(9)4-2-3-5(7)8/h7-8,10-11,13-14,24,32H,2-6,9,12,15H2,1H3,(H,30,33);4-8,10,12H,3,9,11,13H2,1-2H3,(H,26,28);2-4H2,1H3. The molecule has 5 aliphatic rings. The lowest BCUT2D eigenvalue weighted by Crippen LogP contribution is -2.15. The Labute approximate surface area is 423 Å². The number of aryl methyl sites for hydroxylation is 7. The number of rotatable bonds is 7. The van der Waals surface area contributed by atoms with Gasteiger partial charge in [0.15, 0.2) is 0 Å². The molecule has 0 radical (unpaired) electrons. The van der Waals surface area contributed by atoms with Crippen LogP contribution in [-0.4, -0.2) is 51.0 Å². The fourth-order valence-corrected chi connectivity index (χ4v) is 12.6. The minimum absolute atomic E-state index is 0.0123. The number of aromatic hydroxyl groups is 1. The Morgan fingerprint density at radius 1 is 0.708 bits per heavy atom. The average molecular weight is 984 g/mol. The quantitative estimate of drug-likeness (QED) is 0.107. The number of halogens is 1. The minimum Gasteiger partial charge on any atom is -0.508 e. The number of phenolic OH excluding ortho intramolecular Hbond substituents is 1. The van der Waals surface area contributed by atoms with Gasteiger partial charge in [0.25, 0.3) is 11.8 Å². The Morgan fingerprint density at radius 3 is 1.93 bits per heavy atom. The van der Waals surface area contributed by atoms with Crippen LogP contribution < -0.4 is 10.6 Å². The number of carbonyl (C=O) groups excluding carboxylic acids is 4. The molecule has 6 aromatic carbocycles. The highest BCUT2D eigenvalue weighted by molar-refractivity contribution is 6.63. The summed E-state index contributed by atoms with van der Waals surface area (Å²) in [5, 5.41) is 20.9. The van der Waals surface area contributed by atoms with Gasteiger partial charge in [-0.3, -0.25) is 19.2 Å². The van der Waals surface area contributed by atoms with Crippen molar-refractivity contribution in [3.8, 4) is 28.0 Å². The third-order valence-electron chi connectivity index (χ3n) is 15.6. The van der Waals surface area contributed by atoms with Crippen molar-refractivity contribution in [2.45, 2.75) is 117 Å². The first kappa shape index (κ1) is 47.4. The van der Waals surface area contributed by atoms with Crippen LogP contribution in [0.1, 0.15) is 124 Å². The van der Waals surface area contributed by atoms with Crippen LogP contribution in [0, 0.1) is 6.92 Å². The van der Waals surface area contributed by atoms with Crippen LogP contribution in [0.5, 0.6) is 5.75 Å². The summed E-state index contributed by atoms with van der Waals surface area (Å²) in [4.78, 5) is 46.7. The van der Waals surface area contributed by atoms with Gasteiger partial charge in [-0.1, -0.05) is 54.1 Å². The van der Waals surface area contributed by atoms with Crippen molar-refractivity contribution in [1.82, 2.24) is 19.8 Å². The molecule has 1 atom stereocenters. The molecule has 12 heteroatoms. The molecule has 0 bridgehead atoms. The highest BCUT2D eigenvalue weighted by atomic mass is 35.5. The van der Waals surface area contributed by atoms with E-state index >= 15 is 0 Å². The van der Waals surface area contributed by atoms with Crippen molar-refractivity contribution in [3.63, 3.8) is 0 Å². The number of para-hydroxylation sites is 1. The molecule has 1 saturated heterocycles. The average Bonchev–Trinajstić information content (AvgIpc) is 4.16. The number of nitrogens with one attached hydrogen (secondary N) is 2. The second-order valence-electron chi connectivity index (χ2n) is 19.7. The number of nitrogens with zero attached hydrogens (tertiary/aromatic N) is 2. The van der Waals surface area contributed by atoms with E-state index in [-0.39, 0.29) is 42.5 Å². The Morgan fingerprint density at radius 2 is 1.32 bits per heavy atom. The Hall–Kier alpha value is -6.95. The molecule has 1 unspecified atom stereocenters. The Balaban J connectivity index is 0.000000133. The van der Waals surface area contributed by atoms with E-state index in [0.717, 1.165) is 91.6 Å². The lowest BCUT2D eigenvalue weighted by atomic mass is 9.79. The van der Waals surface area contributed by atoms with Crippen molar-refractivity contribution in [1.29, 1.82) is 0 Å². The van der Waals surface area contributed by atoms with Crippen LogP contribution in [0.25, 0.3) is 65.9 Å². The summed E-state index contributed by atoms with van der Waals surface area (Å²) in [7, 11) is 1.31. The number of amides is 2. The van der Waals surface area contributed by atoms with E-state index < -0.39 is 5.24 Å². The van der Waals surface area contributed by atoms with E-state index in [9.17, 15) is 24.3 Å². The third kappa shape index (κ3) is 7.92. The predicted molar refractivity (Wildman–Crippen MR) is 284 cm³/mol. The molecule has 3 aliphatic heterocycles. The lowest BCUT2D eigenvalue weighted by Gasteiger charge is -2.24. The zero-order valence-corrected chi connectivity index (χ0v) is 42.1. The van der Waals surface area contributed by atoms with Crippen LogP contribution in [0.3, 0.4) is 0 Å². The molecule has 5 heterocycles. The molecule has 11 nitrogen and oxygen atoms in total. The Kier molecular flexibility index (Phi) is 12.7. The predicted octanol–water partition coefficient (Wildman–Crippen LogP) is 12.0. The molecule has 2 aromatic heterocycles. The van der Waals surface area contributed by atoms with Gasteiger partial charge in [-0.2, -0.15) is 0 Å². The zero-order valence-electron chi connectivity index (χ0n) is 41.4. The first-order chi connectivity index (χ1) is 35.0. The van der Waals surface area contributed by atoms with Crippen molar-refractivity contribution >= 4 is 78.2 Å². The summed E-state index contributed by atoms with van der Waals surface area (Å²) in [6.07, 6.45) is 8.26. The number of hydrogen-bond donors (Lipinski definition) is 3. The lowest BCUT2D eigenvalue weighted by molar-refractivity contribution is -0.140. The molecule has 0 spiro atoms. The molecule has 368 valence electrons. The van der Waals surface area contributed by atoms with Gasteiger partial charge in [0.05, 0.1) is 35.4 Å². The molecule has 72 heavy (non-hydrogen) atoms. The van der Waals surface area contributed by atoms with Crippen LogP contribution in [0.2, 0.25) is 0 Å². The van der Waals surface area contributed by atoms with Crippen LogP contribution in [-0.2, 0) is 70.9 Å². The van der Waals surface area contributed by atoms with Gasteiger partial charge in [0.2, 0.25) is 5.24 Å². The summed E-state index contributed by atoms with van der Waals surface area (Å²) < 4.78 is 15.3. The second kappa shape index (κ2) is 19.2. The molecule has 2 amide bonds. The number of hydrogen-bond acceptors (Lipinski definition) is 7. The van der Waals surface area contributed by atoms with E-state index in [4.69, 9.17) is 16.3 Å². The highest BCUT2D eigenvalue weighted by Crippen LogP contribution is 2.49. The number of esters is 1. The minimum atomic E-state index is -0.413. The Bertz CT molecular complexity index is 3580. The van der Waals surface area contributed by atoms with Crippen LogP contribution >= 0.6 is 11.6 Å². The fraction of sp³-hybridized carbons (Fsp3) is 0.333. The first-order valence-electron chi connectivity index (χ1n) is 25.6. The smallest absolute Gasteiger partial charge is 0.305 e. The topological polar surface area (TPSA) is 141 Å². The normalized spacial score (nSPS) is 16.1. The van der Waals surface area contributed by atoms with E-state index in [1.54, 1.807) is 6.07 Å². The number of aromatic nitrogens is 2. The van der Waals surface area contributed by atoms with Gasteiger partial charge in [-0.15, -0.1) is 0 Å². The van der Waals surface area contributed by atoms with Crippen molar-refractivity contribution in [2.24, 2.45) is 0 Å². The first-order valence-corrected chi connectivity index (χ1v) is 26.0. The molecular formula is C60H59ClN4O7. The van der Waals surface area contributed by atoms with Crippen LogP contribution in [0.15, 0.2) is 78.9 Å². The van der Waals surface area contributed by atoms with E-state index in [2.05, 4.69) is 106 Å². The van der Waals surface area contributed by atoms with Crippen molar-refractivity contribution in [2.75, 3.05) is 13.7 Å². The van der Waals surface area contributed by atoms with Gasteiger partial charge in [-0.25, -0.2) is 0 Å². The van der Waals surface area contributed by atoms with Gasteiger partial charge in [0, 0.05) is 89.3 Å². The number of phenols is 1. The van der Waals surface area contributed by atoms with E-state index in [1.807, 2.05) is 12.1 Å². The molecule has 1 fully saturated rings. The number of methoxy groups -OCH3 is 1. The largest absolute Gasteiger partial charge is 0.508 e. The third-order valence-corrected chi connectivity index (χ3v) is 15.8. The second-order valence-corrected chi connectivity index (χ2v) is 20.1. The van der Waals surface area contributed by atoms with Crippen molar-refractivity contribution in [3.05, 3.63) is 134 Å².